The zero-order valence-corrected chi connectivity index (χ0v) is 7.92. The third-order valence-electron chi connectivity index (χ3n) is 1.97. The molecule has 0 bridgehead atoms. The number of hydrogen-bond acceptors (Lipinski definition) is 3. The van der Waals surface area contributed by atoms with Crippen LogP contribution in [0.4, 0.5) is 0 Å². The normalized spacial score (nSPS) is 9.93. The van der Waals surface area contributed by atoms with Crippen molar-refractivity contribution in [3.05, 3.63) is 48.3 Å². The summed E-state index contributed by atoms with van der Waals surface area (Å²) >= 11 is 0. The summed E-state index contributed by atoms with van der Waals surface area (Å²) < 4.78 is 1.62. The van der Waals surface area contributed by atoms with Gasteiger partial charge in [0.05, 0.1) is 5.69 Å². The Balaban J connectivity index is 2.32. The van der Waals surface area contributed by atoms with Crippen LogP contribution >= 0.6 is 0 Å². The lowest BCUT2D eigenvalue weighted by Crippen LogP contribution is -2.30. The van der Waals surface area contributed by atoms with Crippen molar-refractivity contribution >= 4 is 5.91 Å². The van der Waals surface area contributed by atoms with E-state index in [1.807, 2.05) is 35.8 Å². The molecule has 5 heteroatoms. The van der Waals surface area contributed by atoms with Gasteiger partial charge in [0, 0.05) is 6.20 Å². The number of para-hydroxylation sites is 1. The molecular formula is C10H10N4O. The van der Waals surface area contributed by atoms with Crippen molar-refractivity contribution in [1.29, 1.82) is 0 Å². The molecule has 2 rings (SSSR count). The molecule has 0 unspecified atom stereocenters. The summed E-state index contributed by atoms with van der Waals surface area (Å²) in [6.07, 6.45) is 1.71. The first-order valence-corrected chi connectivity index (χ1v) is 4.43. The molecular weight excluding hydrogens is 192 g/mol. The number of nitrogens with one attached hydrogen (secondary N) is 1. The van der Waals surface area contributed by atoms with Gasteiger partial charge in [-0.3, -0.25) is 10.2 Å². The molecule has 1 heterocycles. The average Bonchev–Trinajstić information content (AvgIpc) is 2.78. The lowest BCUT2D eigenvalue weighted by atomic mass is 10.3. The molecule has 0 aliphatic heterocycles. The summed E-state index contributed by atoms with van der Waals surface area (Å²) in [6.45, 7) is 0. The van der Waals surface area contributed by atoms with Crippen LogP contribution in [0.3, 0.4) is 0 Å². The predicted molar refractivity (Wildman–Crippen MR) is 55.2 cm³/mol. The summed E-state index contributed by atoms with van der Waals surface area (Å²) in [7, 11) is 0. The van der Waals surface area contributed by atoms with Crippen LogP contribution in [0.15, 0.2) is 42.6 Å². The van der Waals surface area contributed by atoms with Crippen molar-refractivity contribution in [1.82, 2.24) is 15.2 Å². The molecule has 0 radical (unpaired) electrons. The van der Waals surface area contributed by atoms with Gasteiger partial charge in [0.2, 0.25) is 0 Å². The van der Waals surface area contributed by atoms with E-state index in [1.54, 1.807) is 16.9 Å². The number of aromatic nitrogens is 2. The van der Waals surface area contributed by atoms with Gasteiger partial charge in [0.1, 0.15) is 0 Å². The van der Waals surface area contributed by atoms with Crippen molar-refractivity contribution < 1.29 is 4.79 Å². The fraction of sp³-hybridized carbons (Fsp3) is 0. The molecule has 3 N–H and O–H groups in total. The number of nitrogen functional groups attached to an aromatic ring is 1. The molecule has 0 aliphatic carbocycles. The van der Waals surface area contributed by atoms with E-state index < -0.39 is 5.91 Å². The maximum absolute atomic E-state index is 11.1. The third-order valence-corrected chi connectivity index (χ3v) is 1.97. The second-order valence-electron chi connectivity index (χ2n) is 2.95. The van der Waals surface area contributed by atoms with Crippen LogP contribution < -0.4 is 11.3 Å². The Kier molecular flexibility index (Phi) is 2.47. The monoisotopic (exact) mass is 202 g/mol. The van der Waals surface area contributed by atoms with E-state index in [-0.39, 0.29) is 0 Å². The van der Waals surface area contributed by atoms with Gasteiger partial charge in [-0.1, -0.05) is 18.2 Å². The van der Waals surface area contributed by atoms with Crippen LogP contribution in [0.2, 0.25) is 0 Å². The Morgan fingerprint density at radius 3 is 2.67 bits per heavy atom. The van der Waals surface area contributed by atoms with Gasteiger partial charge < -0.3 is 0 Å². The fourth-order valence-corrected chi connectivity index (χ4v) is 1.24. The molecule has 1 aromatic heterocycles. The highest BCUT2D eigenvalue weighted by molar-refractivity contribution is 5.91. The van der Waals surface area contributed by atoms with Crippen molar-refractivity contribution in [2.45, 2.75) is 0 Å². The van der Waals surface area contributed by atoms with E-state index in [9.17, 15) is 4.79 Å². The maximum atomic E-state index is 11.1. The Morgan fingerprint density at radius 1 is 1.27 bits per heavy atom. The standard InChI is InChI=1S/C10H10N4O/c11-12-10(15)9-6-7-14(13-9)8-4-2-1-3-5-8/h1-7H,11H2,(H,12,15). The van der Waals surface area contributed by atoms with Gasteiger partial charge in [-0.25, -0.2) is 10.5 Å². The summed E-state index contributed by atoms with van der Waals surface area (Å²) in [5.41, 5.74) is 3.22. The van der Waals surface area contributed by atoms with Crippen LogP contribution in [0.25, 0.3) is 5.69 Å². The number of carbonyl (C=O) groups excluding carboxylic acids is 1. The summed E-state index contributed by atoms with van der Waals surface area (Å²) in [6, 6.07) is 11.1. The molecule has 1 amide bonds. The van der Waals surface area contributed by atoms with E-state index in [2.05, 4.69) is 5.10 Å². The van der Waals surface area contributed by atoms with Gasteiger partial charge in [-0.2, -0.15) is 5.10 Å². The van der Waals surface area contributed by atoms with E-state index in [0.29, 0.717) is 5.69 Å². The summed E-state index contributed by atoms with van der Waals surface area (Å²) in [5, 5.41) is 4.08. The van der Waals surface area contributed by atoms with Crippen LogP contribution in [-0.2, 0) is 0 Å². The number of nitrogens with two attached hydrogens (primary N) is 1. The number of rotatable bonds is 2. The topological polar surface area (TPSA) is 72.9 Å². The molecule has 0 fully saturated rings. The second-order valence-corrected chi connectivity index (χ2v) is 2.95. The predicted octanol–water partition coefficient (Wildman–Crippen LogP) is 0.476. The number of benzene rings is 1. The lowest BCUT2D eigenvalue weighted by molar-refractivity contribution is 0.0948. The van der Waals surface area contributed by atoms with Crippen molar-refractivity contribution in [2.24, 2.45) is 5.84 Å². The van der Waals surface area contributed by atoms with E-state index in [0.717, 1.165) is 5.69 Å². The summed E-state index contributed by atoms with van der Waals surface area (Å²) in [5.74, 6) is 4.60. The molecule has 0 atom stereocenters. The number of carbonyl (C=O) groups is 1. The molecule has 5 nitrogen and oxygen atoms in total. The first-order valence-electron chi connectivity index (χ1n) is 4.43. The van der Waals surface area contributed by atoms with Crippen LogP contribution in [0.5, 0.6) is 0 Å². The lowest BCUT2D eigenvalue weighted by Gasteiger charge is -1.99. The van der Waals surface area contributed by atoms with Gasteiger partial charge in [-0.05, 0) is 18.2 Å². The SMILES string of the molecule is NNC(=O)c1ccn(-c2ccccc2)n1. The largest absolute Gasteiger partial charge is 0.289 e. The van der Waals surface area contributed by atoms with Crippen LogP contribution in [-0.4, -0.2) is 15.7 Å². The number of hydrazine groups is 1. The molecule has 0 aliphatic rings. The van der Waals surface area contributed by atoms with Crippen molar-refractivity contribution in [3.8, 4) is 5.69 Å². The van der Waals surface area contributed by atoms with E-state index >= 15 is 0 Å². The van der Waals surface area contributed by atoms with Crippen molar-refractivity contribution in [3.63, 3.8) is 0 Å². The zero-order valence-electron chi connectivity index (χ0n) is 7.92. The minimum atomic E-state index is -0.398. The molecule has 15 heavy (non-hydrogen) atoms. The third kappa shape index (κ3) is 1.87. The highest BCUT2D eigenvalue weighted by Crippen LogP contribution is 2.06. The van der Waals surface area contributed by atoms with Crippen LogP contribution in [0.1, 0.15) is 10.5 Å². The molecule has 2 aromatic rings. The Hall–Kier alpha value is -2.14. The second kappa shape index (κ2) is 3.93. The minimum absolute atomic E-state index is 0.293. The molecule has 0 saturated carbocycles. The minimum Gasteiger partial charge on any atom is -0.289 e. The van der Waals surface area contributed by atoms with Gasteiger partial charge in [-0.15, -0.1) is 0 Å². The fourth-order valence-electron chi connectivity index (χ4n) is 1.24. The first kappa shape index (κ1) is 9.42. The maximum Gasteiger partial charge on any atom is 0.285 e. The molecule has 1 aromatic carbocycles. The zero-order chi connectivity index (χ0) is 10.7. The van der Waals surface area contributed by atoms with Crippen molar-refractivity contribution in [2.75, 3.05) is 0 Å². The number of hydrogen-bond donors (Lipinski definition) is 2. The number of nitrogens with zero attached hydrogens (tertiary/aromatic N) is 2. The van der Waals surface area contributed by atoms with Crippen LogP contribution in [0, 0.1) is 0 Å². The Bertz CT molecular complexity index is 463. The van der Waals surface area contributed by atoms with Gasteiger partial charge >= 0.3 is 0 Å². The first-order chi connectivity index (χ1) is 7.31. The molecule has 0 saturated heterocycles. The molecule has 76 valence electrons. The highest BCUT2D eigenvalue weighted by atomic mass is 16.2. The average molecular weight is 202 g/mol. The smallest absolute Gasteiger partial charge is 0.285 e. The highest BCUT2D eigenvalue weighted by Gasteiger charge is 2.07. The van der Waals surface area contributed by atoms with Gasteiger partial charge in [0.25, 0.3) is 5.91 Å². The van der Waals surface area contributed by atoms with E-state index in [4.69, 9.17) is 5.84 Å². The van der Waals surface area contributed by atoms with Gasteiger partial charge in [0.15, 0.2) is 5.69 Å². The summed E-state index contributed by atoms with van der Waals surface area (Å²) in [4.78, 5) is 11.1. The van der Waals surface area contributed by atoms with E-state index in [1.165, 1.54) is 0 Å². The number of amides is 1. The quantitative estimate of drug-likeness (QED) is 0.422. The molecule has 0 spiro atoms. The Morgan fingerprint density at radius 2 is 2.00 bits per heavy atom. The Labute approximate surface area is 86.5 Å².